The Balaban J connectivity index is 1.85. The molecule has 2 unspecified atom stereocenters. The van der Waals surface area contributed by atoms with Gasteiger partial charge >= 0.3 is 5.97 Å². The molecule has 0 radical (unpaired) electrons. The van der Waals surface area contributed by atoms with Crippen LogP contribution in [0.2, 0.25) is 10.0 Å². The number of methoxy groups -OCH3 is 1. The second-order valence-electron chi connectivity index (χ2n) is 5.58. The zero-order valence-electron chi connectivity index (χ0n) is 13.7. The molecule has 1 amide bonds. The summed E-state index contributed by atoms with van der Waals surface area (Å²) >= 11 is 13.3. The molecule has 134 valence electrons. The molecule has 1 heterocycles. The summed E-state index contributed by atoms with van der Waals surface area (Å²) in [6.07, 6.45) is 1.86. The van der Waals surface area contributed by atoms with E-state index in [4.69, 9.17) is 27.9 Å². The minimum Gasteiger partial charge on any atom is -0.468 e. The molecule has 0 saturated carbocycles. The molecule has 4 nitrogen and oxygen atoms in total. The van der Waals surface area contributed by atoms with Gasteiger partial charge in [0.15, 0.2) is 0 Å². The van der Waals surface area contributed by atoms with Gasteiger partial charge in [0.1, 0.15) is 5.25 Å². The summed E-state index contributed by atoms with van der Waals surface area (Å²) in [7, 11) is 1.33. The van der Waals surface area contributed by atoms with Crippen LogP contribution in [-0.2, 0) is 9.53 Å². The van der Waals surface area contributed by atoms with E-state index in [2.05, 4.69) is 5.32 Å². The molecule has 0 bridgehead atoms. The van der Waals surface area contributed by atoms with E-state index in [1.807, 2.05) is 36.4 Å². The van der Waals surface area contributed by atoms with E-state index in [9.17, 15) is 9.59 Å². The van der Waals surface area contributed by atoms with Gasteiger partial charge in [0.05, 0.1) is 23.7 Å². The molecule has 0 saturated heterocycles. The van der Waals surface area contributed by atoms with Crippen molar-refractivity contribution in [3.63, 3.8) is 0 Å². The summed E-state index contributed by atoms with van der Waals surface area (Å²) in [6.45, 7) is 0. The van der Waals surface area contributed by atoms with Crippen LogP contribution in [0.1, 0.15) is 15.9 Å². The summed E-state index contributed by atoms with van der Waals surface area (Å²) in [4.78, 5) is 25.7. The van der Waals surface area contributed by atoms with Gasteiger partial charge in [0, 0.05) is 9.93 Å². The summed E-state index contributed by atoms with van der Waals surface area (Å²) in [5, 5.41) is 2.99. The number of hydrogen-bond donors (Lipinski definition) is 1. The number of thioether (sulfide) groups is 1. The first-order valence-electron chi connectivity index (χ1n) is 7.77. The van der Waals surface area contributed by atoms with Gasteiger partial charge in [0.25, 0.3) is 5.91 Å². The first-order valence-corrected chi connectivity index (χ1v) is 9.41. The fourth-order valence-electron chi connectivity index (χ4n) is 2.60. The van der Waals surface area contributed by atoms with Crippen LogP contribution in [0.4, 0.5) is 0 Å². The number of nitrogens with one attached hydrogen (secondary N) is 1. The smallest absolute Gasteiger partial charge is 0.321 e. The van der Waals surface area contributed by atoms with Crippen molar-refractivity contribution in [3.05, 3.63) is 75.8 Å². The van der Waals surface area contributed by atoms with E-state index in [0.717, 1.165) is 10.5 Å². The lowest BCUT2D eigenvalue weighted by Gasteiger charge is -2.18. The molecule has 2 aromatic rings. The van der Waals surface area contributed by atoms with Crippen LogP contribution in [0, 0.1) is 0 Å². The van der Waals surface area contributed by atoms with Crippen molar-refractivity contribution in [3.8, 4) is 0 Å². The summed E-state index contributed by atoms with van der Waals surface area (Å²) in [6, 6.07) is 13.8. The highest BCUT2D eigenvalue weighted by atomic mass is 35.5. The first-order chi connectivity index (χ1) is 12.5. The molecule has 26 heavy (non-hydrogen) atoms. The van der Waals surface area contributed by atoms with Crippen molar-refractivity contribution >= 4 is 51.7 Å². The molecule has 3 rings (SSSR count). The predicted octanol–water partition coefficient (Wildman–Crippen LogP) is 4.42. The molecule has 1 aliphatic heterocycles. The minimum atomic E-state index is -0.565. The molecular weight excluding hydrogens is 393 g/mol. The maximum atomic E-state index is 12.6. The Morgan fingerprint density at radius 2 is 1.85 bits per heavy atom. The number of carbonyl (C=O) groups is 2. The minimum absolute atomic E-state index is 0.252. The van der Waals surface area contributed by atoms with Crippen molar-refractivity contribution in [1.29, 1.82) is 0 Å². The highest BCUT2D eigenvalue weighted by Gasteiger charge is 2.36. The van der Waals surface area contributed by atoms with Crippen LogP contribution in [0.25, 0.3) is 4.91 Å². The monoisotopic (exact) mass is 407 g/mol. The van der Waals surface area contributed by atoms with Gasteiger partial charge in [-0.25, -0.2) is 0 Å². The van der Waals surface area contributed by atoms with Gasteiger partial charge in [0.2, 0.25) is 0 Å². The van der Waals surface area contributed by atoms with Crippen molar-refractivity contribution in [2.24, 2.45) is 0 Å². The highest BCUT2D eigenvalue weighted by Crippen LogP contribution is 2.40. The SMILES string of the molecule is COC(=O)C1SC(c2ccccc2)=CC1NC(=O)c1ccc(Cl)cc1Cl. The van der Waals surface area contributed by atoms with E-state index in [0.29, 0.717) is 10.6 Å². The lowest BCUT2D eigenvalue weighted by Crippen LogP contribution is -2.42. The Kier molecular flexibility index (Phi) is 5.91. The lowest BCUT2D eigenvalue weighted by molar-refractivity contribution is -0.140. The van der Waals surface area contributed by atoms with E-state index in [1.165, 1.54) is 24.9 Å². The van der Waals surface area contributed by atoms with Crippen LogP contribution in [0.15, 0.2) is 54.6 Å². The molecule has 0 aromatic heterocycles. The fraction of sp³-hybridized carbons (Fsp3) is 0.158. The number of esters is 1. The molecule has 2 atom stereocenters. The third-order valence-corrected chi connectivity index (χ3v) is 5.79. The van der Waals surface area contributed by atoms with Crippen molar-refractivity contribution in [1.82, 2.24) is 5.32 Å². The van der Waals surface area contributed by atoms with Crippen LogP contribution in [0.5, 0.6) is 0 Å². The average Bonchev–Trinajstić information content (AvgIpc) is 3.05. The standard InChI is InChI=1S/C19H15Cl2NO3S/c1-25-19(24)17-15(10-16(26-17)11-5-3-2-4-6-11)22-18(23)13-8-7-12(20)9-14(13)21/h2-10,15,17H,1H3,(H,22,23). The maximum absolute atomic E-state index is 12.6. The molecule has 0 fully saturated rings. The molecule has 0 aliphatic carbocycles. The van der Waals surface area contributed by atoms with Gasteiger partial charge < -0.3 is 10.1 Å². The number of rotatable bonds is 4. The number of amides is 1. The molecule has 7 heteroatoms. The van der Waals surface area contributed by atoms with Crippen LogP contribution in [-0.4, -0.2) is 30.3 Å². The second kappa shape index (κ2) is 8.16. The van der Waals surface area contributed by atoms with Gasteiger partial charge in [-0.15, -0.1) is 11.8 Å². The van der Waals surface area contributed by atoms with Gasteiger partial charge in [-0.1, -0.05) is 53.5 Å². The number of benzene rings is 2. The van der Waals surface area contributed by atoms with Crippen LogP contribution in [0.3, 0.4) is 0 Å². The molecule has 1 aliphatic rings. The third-order valence-electron chi connectivity index (χ3n) is 3.88. The quantitative estimate of drug-likeness (QED) is 0.761. The zero-order chi connectivity index (χ0) is 18.7. The number of carbonyl (C=O) groups excluding carboxylic acids is 2. The number of hydrogen-bond acceptors (Lipinski definition) is 4. The molecule has 2 aromatic carbocycles. The number of halogens is 2. The van der Waals surface area contributed by atoms with Gasteiger partial charge in [-0.2, -0.15) is 0 Å². The topological polar surface area (TPSA) is 55.4 Å². The van der Waals surface area contributed by atoms with E-state index < -0.39 is 17.3 Å². The summed E-state index contributed by atoms with van der Waals surface area (Å²) in [5.74, 6) is -0.776. The molecule has 0 spiro atoms. The van der Waals surface area contributed by atoms with Gasteiger partial charge in [-0.3, -0.25) is 9.59 Å². The highest BCUT2D eigenvalue weighted by molar-refractivity contribution is 8.09. The fourth-order valence-corrected chi connectivity index (χ4v) is 4.35. The average molecular weight is 408 g/mol. The number of ether oxygens (including phenoxy) is 1. The van der Waals surface area contributed by atoms with E-state index in [-0.39, 0.29) is 10.9 Å². The Morgan fingerprint density at radius 3 is 2.50 bits per heavy atom. The van der Waals surface area contributed by atoms with Crippen LogP contribution < -0.4 is 5.32 Å². The van der Waals surface area contributed by atoms with E-state index in [1.54, 1.807) is 12.1 Å². The Hall–Kier alpha value is -1.95. The maximum Gasteiger partial charge on any atom is 0.321 e. The molecular formula is C19H15Cl2NO3S. The lowest BCUT2D eigenvalue weighted by atomic mass is 10.1. The first kappa shape index (κ1) is 18.8. The summed E-state index contributed by atoms with van der Waals surface area (Å²) < 4.78 is 4.89. The normalized spacial score (nSPS) is 19.0. The largest absolute Gasteiger partial charge is 0.468 e. The molecule has 1 N–H and O–H groups in total. The van der Waals surface area contributed by atoms with Crippen molar-refractivity contribution in [2.75, 3.05) is 7.11 Å². The third kappa shape index (κ3) is 4.06. The second-order valence-corrected chi connectivity index (χ2v) is 7.61. The van der Waals surface area contributed by atoms with Crippen LogP contribution >= 0.6 is 35.0 Å². The zero-order valence-corrected chi connectivity index (χ0v) is 16.1. The van der Waals surface area contributed by atoms with E-state index >= 15 is 0 Å². The summed E-state index contributed by atoms with van der Waals surface area (Å²) in [5.41, 5.74) is 1.28. The Bertz CT molecular complexity index is 870. The Labute approximate surface area is 165 Å². The van der Waals surface area contributed by atoms with Gasteiger partial charge in [-0.05, 0) is 29.8 Å². The van der Waals surface area contributed by atoms with Crippen molar-refractivity contribution < 1.29 is 14.3 Å². The predicted molar refractivity (Wildman–Crippen MR) is 106 cm³/mol. The Morgan fingerprint density at radius 1 is 1.12 bits per heavy atom. The van der Waals surface area contributed by atoms with Crippen molar-refractivity contribution in [2.45, 2.75) is 11.3 Å².